The lowest BCUT2D eigenvalue weighted by atomic mass is 10.2. The lowest BCUT2D eigenvalue weighted by Gasteiger charge is -2.07. The van der Waals surface area contributed by atoms with Crippen molar-refractivity contribution in [1.29, 1.82) is 10.5 Å². The second-order valence-corrected chi connectivity index (χ2v) is 7.43. The zero-order valence-electron chi connectivity index (χ0n) is 16.3. The molecule has 0 atom stereocenters. The molecule has 27 heavy (non-hydrogen) atoms. The molecule has 0 aliphatic heterocycles. The summed E-state index contributed by atoms with van der Waals surface area (Å²) in [5.74, 6) is 2.41. The first-order valence-corrected chi connectivity index (χ1v) is 10.2. The van der Waals surface area contributed by atoms with E-state index in [9.17, 15) is 0 Å². The fourth-order valence-electron chi connectivity index (χ4n) is 1.42. The summed E-state index contributed by atoms with van der Waals surface area (Å²) in [6.07, 6.45) is 0. The van der Waals surface area contributed by atoms with E-state index >= 15 is 0 Å². The lowest BCUT2D eigenvalue weighted by Crippen LogP contribution is -2.04. The normalized spacial score (nSPS) is 9.22. The number of ether oxygens (including phenoxy) is 1. The summed E-state index contributed by atoms with van der Waals surface area (Å²) < 4.78 is 6.73. The summed E-state index contributed by atoms with van der Waals surface area (Å²) >= 11 is 2.38. The summed E-state index contributed by atoms with van der Waals surface area (Å²) in [7, 11) is 0. The molecule has 4 nitrogen and oxygen atoms in total. The fraction of sp³-hybridized carbons (Fsp3) is 0.364. The SMILES string of the molecule is CC(C)CI.CC(C)COc1ccc(C#N)cc1.N#Cc1ccc(O)cc1. The van der Waals surface area contributed by atoms with Crippen molar-refractivity contribution in [2.45, 2.75) is 27.7 Å². The molecule has 0 fully saturated rings. The van der Waals surface area contributed by atoms with Gasteiger partial charge in [0.1, 0.15) is 11.5 Å². The van der Waals surface area contributed by atoms with Crippen LogP contribution in [-0.4, -0.2) is 16.1 Å². The number of phenols is 1. The number of aromatic hydroxyl groups is 1. The van der Waals surface area contributed by atoms with Gasteiger partial charge < -0.3 is 9.84 Å². The van der Waals surface area contributed by atoms with Gasteiger partial charge in [0.2, 0.25) is 0 Å². The van der Waals surface area contributed by atoms with Gasteiger partial charge >= 0.3 is 0 Å². The number of alkyl halides is 1. The van der Waals surface area contributed by atoms with Crippen molar-refractivity contribution in [3.8, 4) is 23.6 Å². The molecule has 0 saturated heterocycles. The molecule has 0 spiro atoms. The van der Waals surface area contributed by atoms with Crippen LogP contribution in [0.2, 0.25) is 0 Å². The van der Waals surface area contributed by atoms with Crippen molar-refractivity contribution in [2.75, 3.05) is 11.0 Å². The summed E-state index contributed by atoms with van der Waals surface area (Å²) in [6, 6.07) is 17.3. The van der Waals surface area contributed by atoms with Gasteiger partial charge in [-0.2, -0.15) is 10.5 Å². The Kier molecular flexibility index (Phi) is 13.6. The summed E-state index contributed by atoms with van der Waals surface area (Å²) in [5, 5.41) is 25.6. The van der Waals surface area contributed by atoms with Crippen LogP contribution in [0.25, 0.3) is 0 Å². The predicted molar refractivity (Wildman–Crippen MR) is 118 cm³/mol. The van der Waals surface area contributed by atoms with Gasteiger partial charge in [-0.1, -0.05) is 50.3 Å². The lowest BCUT2D eigenvalue weighted by molar-refractivity contribution is 0.271. The van der Waals surface area contributed by atoms with E-state index in [0.717, 1.165) is 11.7 Å². The number of phenolic OH excluding ortho intramolecular Hbond substituents is 1. The Morgan fingerprint density at radius 1 is 0.852 bits per heavy atom. The van der Waals surface area contributed by atoms with Crippen molar-refractivity contribution >= 4 is 22.6 Å². The first-order valence-electron chi connectivity index (χ1n) is 8.70. The smallest absolute Gasteiger partial charge is 0.119 e. The number of nitriles is 2. The molecular weight excluding hydrogens is 451 g/mol. The maximum Gasteiger partial charge on any atom is 0.119 e. The molecule has 144 valence electrons. The van der Waals surface area contributed by atoms with Gasteiger partial charge in [0, 0.05) is 4.43 Å². The summed E-state index contributed by atoms with van der Waals surface area (Å²) in [6.45, 7) is 9.35. The Bertz CT molecular complexity index is 712. The maximum absolute atomic E-state index is 8.74. The highest BCUT2D eigenvalue weighted by atomic mass is 127. The van der Waals surface area contributed by atoms with Crippen molar-refractivity contribution in [3.05, 3.63) is 59.7 Å². The van der Waals surface area contributed by atoms with Crippen LogP contribution in [0.1, 0.15) is 38.8 Å². The number of halogens is 1. The molecule has 0 aliphatic carbocycles. The molecule has 0 bridgehead atoms. The average Bonchev–Trinajstić information content (AvgIpc) is 2.68. The number of benzene rings is 2. The Hall–Kier alpha value is -2.25. The van der Waals surface area contributed by atoms with Crippen LogP contribution in [0, 0.1) is 34.5 Å². The van der Waals surface area contributed by atoms with Crippen molar-refractivity contribution in [3.63, 3.8) is 0 Å². The van der Waals surface area contributed by atoms with Crippen LogP contribution >= 0.6 is 22.6 Å². The molecule has 0 aromatic heterocycles. The van der Waals surface area contributed by atoms with Crippen LogP contribution in [0.15, 0.2) is 48.5 Å². The van der Waals surface area contributed by atoms with Gasteiger partial charge in [-0.25, -0.2) is 0 Å². The van der Waals surface area contributed by atoms with Crippen molar-refractivity contribution < 1.29 is 9.84 Å². The molecule has 0 amide bonds. The minimum absolute atomic E-state index is 0.189. The highest BCUT2D eigenvalue weighted by Crippen LogP contribution is 2.12. The molecule has 2 rings (SSSR count). The van der Waals surface area contributed by atoms with Gasteiger partial charge in [-0.05, 0) is 60.4 Å². The highest BCUT2D eigenvalue weighted by molar-refractivity contribution is 14.1. The van der Waals surface area contributed by atoms with Crippen LogP contribution in [0.4, 0.5) is 0 Å². The minimum atomic E-state index is 0.189. The van der Waals surface area contributed by atoms with Gasteiger partial charge in [-0.15, -0.1) is 0 Å². The van der Waals surface area contributed by atoms with Crippen molar-refractivity contribution in [1.82, 2.24) is 0 Å². The zero-order chi connectivity index (χ0) is 20.7. The third-order valence-corrected chi connectivity index (χ3v) is 4.63. The first-order chi connectivity index (χ1) is 12.8. The average molecular weight is 478 g/mol. The second kappa shape index (κ2) is 14.9. The molecule has 0 aliphatic rings. The molecule has 0 radical (unpaired) electrons. The van der Waals surface area contributed by atoms with Crippen LogP contribution in [0.5, 0.6) is 11.5 Å². The second-order valence-electron chi connectivity index (χ2n) is 6.55. The highest BCUT2D eigenvalue weighted by Gasteiger charge is 1.96. The molecule has 0 heterocycles. The molecule has 2 aromatic carbocycles. The Morgan fingerprint density at radius 3 is 1.59 bits per heavy atom. The first kappa shape index (κ1) is 24.8. The van der Waals surface area contributed by atoms with E-state index in [1.165, 1.54) is 16.6 Å². The van der Waals surface area contributed by atoms with E-state index in [1.807, 2.05) is 18.2 Å². The maximum atomic E-state index is 8.74. The Balaban J connectivity index is 0.000000419. The fourth-order valence-corrected chi connectivity index (χ4v) is 1.42. The summed E-state index contributed by atoms with van der Waals surface area (Å²) in [4.78, 5) is 0. The number of hydrogen-bond acceptors (Lipinski definition) is 4. The minimum Gasteiger partial charge on any atom is -0.508 e. The number of hydrogen-bond donors (Lipinski definition) is 1. The van der Waals surface area contributed by atoms with Gasteiger partial charge in [-0.3, -0.25) is 0 Å². The monoisotopic (exact) mass is 478 g/mol. The van der Waals surface area contributed by atoms with Crippen LogP contribution in [-0.2, 0) is 0 Å². The largest absolute Gasteiger partial charge is 0.508 e. The van der Waals surface area contributed by atoms with Crippen LogP contribution in [0.3, 0.4) is 0 Å². The predicted octanol–water partition coefficient (Wildman–Crippen LogP) is 5.93. The van der Waals surface area contributed by atoms with Crippen LogP contribution < -0.4 is 4.74 Å². The summed E-state index contributed by atoms with van der Waals surface area (Å²) in [5.41, 5.74) is 1.23. The van der Waals surface area contributed by atoms with E-state index in [0.29, 0.717) is 23.7 Å². The van der Waals surface area contributed by atoms with Gasteiger partial charge in [0.15, 0.2) is 0 Å². The number of rotatable bonds is 4. The van der Waals surface area contributed by atoms with Gasteiger partial charge in [0.05, 0.1) is 29.9 Å². The van der Waals surface area contributed by atoms with Gasteiger partial charge in [0.25, 0.3) is 0 Å². The van der Waals surface area contributed by atoms with Crippen molar-refractivity contribution in [2.24, 2.45) is 11.8 Å². The quantitative estimate of drug-likeness (QED) is 0.436. The Morgan fingerprint density at radius 2 is 1.26 bits per heavy atom. The third-order valence-electron chi connectivity index (χ3n) is 2.87. The molecule has 1 N–H and O–H groups in total. The molecule has 0 saturated carbocycles. The standard InChI is InChI=1S/C11H13NO.C7H5NO.C4H9I/c1-9(2)8-13-11-5-3-10(7-12)4-6-11;8-5-6-1-3-7(9)4-2-6;1-4(2)3-5/h3-6,9H,8H2,1-2H3;1-4,9H;4H,3H2,1-2H3. The van der Waals surface area contributed by atoms with E-state index in [-0.39, 0.29) is 5.75 Å². The zero-order valence-corrected chi connectivity index (χ0v) is 18.5. The third kappa shape index (κ3) is 13.6. The molecule has 2 aromatic rings. The topological polar surface area (TPSA) is 77.0 Å². The Labute approximate surface area is 176 Å². The number of nitrogens with zero attached hydrogens (tertiary/aromatic N) is 2. The van der Waals surface area contributed by atoms with E-state index in [4.69, 9.17) is 20.4 Å². The molecular formula is C22H27IN2O2. The molecule has 5 heteroatoms. The van der Waals surface area contributed by atoms with E-state index in [2.05, 4.69) is 56.4 Å². The molecule has 0 unspecified atom stereocenters. The van der Waals surface area contributed by atoms with E-state index in [1.54, 1.807) is 24.3 Å². The van der Waals surface area contributed by atoms with E-state index < -0.39 is 0 Å².